The number of nitrogens with zero attached hydrogens (tertiary/aromatic N) is 5. The lowest BCUT2D eigenvalue weighted by atomic mass is 10.0. The number of pyridine rings is 1. The monoisotopic (exact) mass is 482 g/mol. The van der Waals surface area contributed by atoms with Crippen molar-refractivity contribution in [3.05, 3.63) is 87.7 Å². The quantitative estimate of drug-likeness (QED) is 0.209. The van der Waals surface area contributed by atoms with Crippen LogP contribution < -0.4 is 15.6 Å². The second kappa shape index (κ2) is 9.80. The molecule has 0 radical (unpaired) electrons. The van der Waals surface area contributed by atoms with E-state index < -0.39 is 6.10 Å². The van der Waals surface area contributed by atoms with Gasteiger partial charge in [0, 0.05) is 30.6 Å². The second-order valence-electron chi connectivity index (χ2n) is 7.42. The first-order valence-corrected chi connectivity index (χ1v) is 10.9. The normalized spacial score (nSPS) is 12.4. The fraction of sp³-hybridized carbons (Fsp3) is 0.174. The summed E-state index contributed by atoms with van der Waals surface area (Å²) in [6, 6.07) is 13.2. The predicted molar refractivity (Wildman–Crippen MR) is 132 cm³/mol. The molecular formula is C23H23ClN6O2S. The molecule has 33 heavy (non-hydrogen) atoms. The molecule has 0 saturated heterocycles. The van der Waals surface area contributed by atoms with Crippen LogP contribution in [0.1, 0.15) is 28.5 Å². The van der Waals surface area contributed by atoms with Gasteiger partial charge in [0.25, 0.3) is 0 Å². The van der Waals surface area contributed by atoms with Crippen molar-refractivity contribution in [3.63, 3.8) is 0 Å². The molecule has 0 spiro atoms. The van der Waals surface area contributed by atoms with Crippen molar-refractivity contribution in [3.8, 4) is 5.88 Å². The van der Waals surface area contributed by atoms with E-state index in [4.69, 9.17) is 22.2 Å². The number of hydrogen-bond acceptors (Lipinski definition) is 8. The topological polar surface area (TPSA) is 102 Å². The highest BCUT2D eigenvalue weighted by molar-refractivity contribution is 7.83. The molecule has 0 fully saturated rings. The Morgan fingerprint density at radius 2 is 2.03 bits per heavy atom. The summed E-state index contributed by atoms with van der Waals surface area (Å²) in [5.74, 6) is 6.40. The third kappa shape index (κ3) is 4.67. The molecule has 0 aliphatic carbocycles. The van der Waals surface area contributed by atoms with Crippen LogP contribution in [0.25, 0.3) is 10.9 Å². The van der Waals surface area contributed by atoms with Gasteiger partial charge >= 0.3 is 0 Å². The Labute approximate surface area is 201 Å². The minimum atomic E-state index is -0.894. The lowest BCUT2D eigenvalue weighted by molar-refractivity contribution is 0.210. The maximum atomic E-state index is 10.8. The van der Waals surface area contributed by atoms with Gasteiger partial charge in [0.2, 0.25) is 5.88 Å². The molecule has 10 heteroatoms. The molecule has 3 N–H and O–H groups in total. The number of thiol groups is 1. The summed E-state index contributed by atoms with van der Waals surface area (Å²) in [6.07, 6.45) is 2.80. The van der Waals surface area contributed by atoms with E-state index in [2.05, 4.69) is 27.9 Å². The number of aliphatic hydroxyl groups is 1. The van der Waals surface area contributed by atoms with Crippen molar-refractivity contribution in [2.24, 2.45) is 12.9 Å². The van der Waals surface area contributed by atoms with Crippen LogP contribution in [0.15, 0.2) is 60.3 Å². The second-order valence-corrected chi connectivity index (χ2v) is 8.10. The molecule has 0 saturated carbocycles. The number of ether oxygens (including phenoxy) is 1. The summed E-state index contributed by atoms with van der Waals surface area (Å²) in [5, 5.41) is 22.8. The van der Waals surface area contributed by atoms with Gasteiger partial charge in [-0.3, -0.25) is 5.01 Å². The number of aromatic nitrogens is 4. The standard InChI is InChI=1S/C23H23ClN6O2S/c1-29-20(13-26-28-29)22(31)15-5-8-19-17(12-15)21(24)18(23(27-19)32-2)11-14-3-6-16(7-4-14)30(25)9-10-33/h3-10,12-13,22,31,33H,11,25H2,1-2H3/b10-9-. The van der Waals surface area contributed by atoms with Crippen molar-refractivity contribution >= 4 is 40.8 Å². The Balaban J connectivity index is 1.71. The minimum absolute atomic E-state index is 0.458. The summed E-state index contributed by atoms with van der Waals surface area (Å²) in [4.78, 5) is 4.64. The van der Waals surface area contributed by atoms with Gasteiger partial charge < -0.3 is 9.84 Å². The molecule has 4 rings (SSSR count). The Bertz CT molecular complexity index is 1310. The van der Waals surface area contributed by atoms with Gasteiger partial charge in [0.1, 0.15) is 6.10 Å². The van der Waals surface area contributed by atoms with Crippen LogP contribution in [-0.2, 0) is 13.5 Å². The number of hydrazine groups is 1. The highest BCUT2D eigenvalue weighted by Crippen LogP contribution is 2.36. The number of hydrogen-bond donors (Lipinski definition) is 3. The third-order valence-electron chi connectivity index (χ3n) is 5.38. The zero-order chi connectivity index (χ0) is 23.5. The van der Waals surface area contributed by atoms with Crippen LogP contribution in [0.2, 0.25) is 5.02 Å². The average Bonchev–Trinajstić information content (AvgIpc) is 3.26. The summed E-state index contributed by atoms with van der Waals surface area (Å²) < 4.78 is 7.08. The van der Waals surface area contributed by atoms with Gasteiger partial charge in [-0.1, -0.05) is 35.0 Å². The lowest BCUT2D eigenvalue weighted by Gasteiger charge is -2.16. The Morgan fingerprint density at radius 1 is 1.27 bits per heavy atom. The minimum Gasteiger partial charge on any atom is -0.481 e. The molecular weight excluding hydrogens is 460 g/mol. The van der Waals surface area contributed by atoms with Gasteiger partial charge in [-0.25, -0.2) is 15.5 Å². The summed E-state index contributed by atoms with van der Waals surface area (Å²) in [7, 11) is 3.30. The number of fused-ring (bicyclic) bond motifs is 1. The first-order chi connectivity index (χ1) is 15.9. The zero-order valence-electron chi connectivity index (χ0n) is 18.1. The van der Waals surface area contributed by atoms with E-state index in [1.165, 1.54) is 15.9 Å². The van der Waals surface area contributed by atoms with E-state index >= 15 is 0 Å². The van der Waals surface area contributed by atoms with Gasteiger partial charge in [-0.2, -0.15) is 0 Å². The largest absolute Gasteiger partial charge is 0.481 e. The number of rotatable bonds is 7. The van der Waals surface area contributed by atoms with Gasteiger partial charge in [-0.15, -0.1) is 17.7 Å². The van der Waals surface area contributed by atoms with Gasteiger partial charge in [-0.05, 0) is 40.8 Å². The fourth-order valence-corrected chi connectivity index (χ4v) is 4.06. The van der Waals surface area contributed by atoms with Crippen LogP contribution in [0.4, 0.5) is 5.69 Å². The van der Waals surface area contributed by atoms with Crippen LogP contribution >= 0.6 is 24.2 Å². The van der Waals surface area contributed by atoms with E-state index in [1.54, 1.807) is 31.8 Å². The SMILES string of the molecule is COc1nc2ccc(C(O)c3cnnn3C)cc2c(Cl)c1Cc1ccc(N(N)/C=C\S)cc1. The highest BCUT2D eigenvalue weighted by atomic mass is 35.5. The number of nitrogens with two attached hydrogens (primary N) is 1. The zero-order valence-corrected chi connectivity index (χ0v) is 19.7. The Hall–Kier alpha value is -3.11. The molecule has 0 aliphatic rings. The maximum Gasteiger partial charge on any atom is 0.218 e. The summed E-state index contributed by atoms with van der Waals surface area (Å²) >= 11 is 10.9. The van der Waals surface area contributed by atoms with E-state index in [-0.39, 0.29) is 0 Å². The third-order valence-corrected chi connectivity index (χ3v) is 5.95. The van der Waals surface area contributed by atoms with Crippen LogP contribution in [-0.4, -0.2) is 32.2 Å². The Kier molecular flexibility index (Phi) is 6.85. The molecule has 1 atom stereocenters. The van der Waals surface area contributed by atoms with E-state index in [1.807, 2.05) is 36.4 Å². The van der Waals surface area contributed by atoms with Crippen LogP contribution in [0.5, 0.6) is 5.88 Å². The van der Waals surface area contributed by atoms with E-state index in [9.17, 15) is 5.11 Å². The molecule has 0 amide bonds. The van der Waals surface area contributed by atoms with Crippen LogP contribution in [0, 0.1) is 0 Å². The number of anilines is 1. The average molecular weight is 483 g/mol. The van der Waals surface area contributed by atoms with Crippen molar-refractivity contribution in [1.82, 2.24) is 20.0 Å². The number of aliphatic hydroxyl groups excluding tert-OH is 1. The molecule has 1 unspecified atom stereocenters. The molecule has 2 aromatic carbocycles. The lowest BCUT2D eigenvalue weighted by Crippen LogP contribution is -2.23. The number of aryl methyl sites for hydroxylation is 1. The molecule has 2 heterocycles. The first-order valence-electron chi connectivity index (χ1n) is 10.0. The molecule has 4 aromatic rings. The molecule has 2 aromatic heterocycles. The van der Waals surface area contributed by atoms with Crippen molar-refractivity contribution in [1.29, 1.82) is 0 Å². The molecule has 0 bridgehead atoms. The number of methoxy groups -OCH3 is 1. The summed E-state index contributed by atoms with van der Waals surface area (Å²) in [5.41, 5.74) is 4.51. The Morgan fingerprint density at radius 3 is 2.67 bits per heavy atom. The van der Waals surface area contributed by atoms with Crippen molar-refractivity contribution in [2.45, 2.75) is 12.5 Å². The van der Waals surface area contributed by atoms with Crippen molar-refractivity contribution in [2.75, 3.05) is 12.1 Å². The predicted octanol–water partition coefficient (Wildman–Crippen LogP) is 3.78. The van der Waals surface area contributed by atoms with Crippen molar-refractivity contribution < 1.29 is 9.84 Å². The van der Waals surface area contributed by atoms with Gasteiger partial charge in [0.05, 0.1) is 35.2 Å². The van der Waals surface area contributed by atoms with E-state index in [0.717, 1.165) is 22.2 Å². The summed E-state index contributed by atoms with van der Waals surface area (Å²) in [6.45, 7) is 0. The highest BCUT2D eigenvalue weighted by Gasteiger charge is 2.19. The van der Waals surface area contributed by atoms with Crippen LogP contribution in [0.3, 0.4) is 0 Å². The van der Waals surface area contributed by atoms with Gasteiger partial charge in [0.15, 0.2) is 0 Å². The first kappa shape index (κ1) is 23.1. The molecule has 0 aliphatic heterocycles. The number of benzene rings is 2. The fourth-order valence-electron chi connectivity index (χ4n) is 3.62. The maximum absolute atomic E-state index is 10.8. The number of halogens is 1. The van der Waals surface area contributed by atoms with E-state index in [0.29, 0.717) is 34.1 Å². The molecule has 170 valence electrons. The smallest absolute Gasteiger partial charge is 0.218 e. The molecule has 8 nitrogen and oxygen atoms in total.